The molecular formula is C20H21ClF3N3O2. The number of halogens is 4. The number of carbonyl (C=O) groups excluding carboxylic acids is 1. The third kappa shape index (κ3) is 5.55. The number of rotatable bonds is 4. The number of benzene rings is 2. The van der Waals surface area contributed by atoms with E-state index in [0.29, 0.717) is 26.2 Å². The predicted octanol–water partition coefficient (Wildman–Crippen LogP) is 4.72. The van der Waals surface area contributed by atoms with Crippen molar-refractivity contribution in [2.75, 3.05) is 38.6 Å². The Bertz CT molecular complexity index is 851. The summed E-state index contributed by atoms with van der Waals surface area (Å²) in [6, 6.07) is 10.7. The van der Waals surface area contributed by atoms with Crippen molar-refractivity contribution in [2.45, 2.75) is 12.7 Å². The fourth-order valence-electron chi connectivity index (χ4n) is 3.12. The molecule has 1 aliphatic heterocycles. The van der Waals surface area contributed by atoms with Gasteiger partial charge in [-0.25, -0.2) is 4.79 Å². The van der Waals surface area contributed by atoms with Gasteiger partial charge in [-0.05, 0) is 35.9 Å². The number of amides is 2. The van der Waals surface area contributed by atoms with Gasteiger partial charge in [0.25, 0.3) is 0 Å². The van der Waals surface area contributed by atoms with Gasteiger partial charge < -0.3 is 15.0 Å². The molecule has 9 heteroatoms. The van der Waals surface area contributed by atoms with Gasteiger partial charge in [0.05, 0.1) is 17.7 Å². The van der Waals surface area contributed by atoms with Crippen molar-refractivity contribution in [3.8, 4) is 5.75 Å². The van der Waals surface area contributed by atoms with E-state index in [1.54, 1.807) is 12.0 Å². The number of hydrogen-bond acceptors (Lipinski definition) is 3. The van der Waals surface area contributed by atoms with E-state index in [-0.39, 0.29) is 5.69 Å². The second-order valence-electron chi connectivity index (χ2n) is 6.73. The van der Waals surface area contributed by atoms with Gasteiger partial charge in [0, 0.05) is 38.4 Å². The molecule has 0 spiro atoms. The van der Waals surface area contributed by atoms with Crippen LogP contribution in [0.2, 0.25) is 5.02 Å². The van der Waals surface area contributed by atoms with Crippen LogP contribution in [0.15, 0.2) is 42.5 Å². The van der Waals surface area contributed by atoms with Gasteiger partial charge in [0.2, 0.25) is 0 Å². The molecule has 1 heterocycles. The molecule has 1 saturated heterocycles. The topological polar surface area (TPSA) is 44.8 Å². The molecule has 0 saturated carbocycles. The van der Waals surface area contributed by atoms with Gasteiger partial charge in [0.1, 0.15) is 5.75 Å². The van der Waals surface area contributed by atoms with Crippen LogP contribution in [0.5, 0.6) is 5.75 Å². The molecule has 3 rings (SSSR count). The lowest BCUT2D eigenvalue weighted by Crippen LogP contribution is -2.49. The van der Waals surface area contributed by atoms with Crippen LogP contribution in [0.25, 0.3) is 0 Å². The minimum Gasteiger partial charge on any atom is -0.497 e. The molecule has 156 valence electrons. The van der Waals surface area contributed by atoms with Crippen LogP contribution in [-0.2, 0) is 12.7 Å². The first-order chi connectivity index (χ1) is 13.8. The highest BCUT2D eigenvalue weighted by atomic mass is 35.5. The third-order valence-electron chi connectivity index (χ3n) is 4.75. The first-order valence-corrected chi connectivity index (χ1v) is 9.42. The molecule has 0 bridgehead atoms. The molecule has 0 aliphatic carbocycles. The SMILES string of the molecule is COc1ccc(CN2CCN(C(=O)Nc3ccc(Cl)c(C(F)(F)F)c3)CC2)cc1. The van der Waals surface area contributed by atoms with Crippen molar-refractivity contribution in [3.63, 3.8) is 0 Å². The van der Waals surface area contributed by atoms with Crippen LogP contribution in [0, 0.1) is 0 Å². The Balaban J connectivity index is 1.53. The molecule has 1 fully saturated rings. The zero-order valence-electron chi connectivity index (χ0n) is 15.8. The number of nitrogens with one attached hydrogen (secondary N) is 1. The number of methoxy groups -OCH3 is 1. The van der Waals surface area contributed by atoms with Crippen LogP contribution in [0.4, 0.5) is 23.7 Å². The Hall–Kier alpha value is -2.45. The smallest absolute Gasteiger partial charge is 0.417 e. The molecule has 5 nitrogen and oxygen atoms in total. The number of piperazine rings is 1. The van der Waals surface area contributed by atoms with Gasteiger partial charge >= 0.3 is 12.2 Å². The first-order valence-electron chi connectivity index (χ1n) is 9.04. The highest BCUT2D eigenvalue weighted by Gasteiger charge is 2.33. The van der Waals surface area contributed by atoms with Gasteiger partial charge in [-0.3, -0.25) is 4.90 Å². The molecule has 2 amide bonds. The Morgan fingerprint density at radius 1 is 1.10 bits per heavy atom. The van der Waals surface area contributed by atoms with E-state index in [1.807, 2.05) is 24.3 Å². The standard InChI is InChI=1S/C20H21ClF3N3O2/c1-29-16-5-2-14(3-6-16)13-26-8-10-27(11-9-26)19(28)25-15-4-7-18(21)17(12-15)20(22,23)24/h2-7,12H,8-11,13H2,1H3,(H,25,28). The highest BCUT2D eigenvalue weighted by molar-refractivity contribution is 6.31. The van der Waals surface area contributed by atoms with Crippen molar-refractivity contribution in [3.05, 3.63) is 58.6 Å². The largest absolute Gasteiger partial charge is 0.497 e. The van der Waals surface area contributed by atoms with Crippen LogP contribution >= 0.6 is 11.6 Å². The van der Waals surface area contributed by atoms with Crippen molar-refractivity contribution in [1.82, 2.24) is 9.80 Å². The number of hydrogen-bond donors (Lipinski definition) is 1. The van der Waals surface area contributed by atoms with Gasteiger partial charge in [-0.1, -0.05) is 23.7 Å². The predicted molar refractivity (Wildman–Crippen MR) is 105 cm³/mol. The van der Waals surface area contributed by atoms with E-state index < -0.39 is 22.8 Å². The van der Waals surface area contributed by atoms with Crippen molar-refractivity contribution < 1.29 is 22.7 Å². The molecule has 2 aromatic rings. The van der Waals surface area contributed by atoms with Crippen LogP contribution < -0.4 is 10.1 Å². The Morgan fingerprint density at radius 3 is 2.34 bits per heavy atom. The van der Waals surface area contributed by atoms with Crippen LogP contribution in [0.3, 0.4) is 0 Å². The van der Waals surface area contributed by atoms with E-state index >= 15 is 0 Å². The maximum Gasteiger partial charge on any atom is 0.417 e. The molecule has 0 radical (unpaired) electrons. The highest BCUT2D eigenvalue weighted by Crippen LogP contribution is 2.36. The van der Waals surface area contributed by atoms with E-state index in [0.717, 1.165) is 30.0 Å². The second-order valence-corrected chi connectivity index (χ2v) is 7.14. The summed E-state index contributed by atoms with van der Waals surface area (Å²) in [5.74, 6) is 0.797. The van der Waals surface area contributed by atoms with Crippen LogP contribution in [-0.4, -0.2) is 49.1 Å². The summed E-state index contributed by atoms with van der Waals surface area (Å²) < 4.78 is 44.0. The summed E-state index contributed by atoms with van der Waals surface area (Å²) in [6.07, 6.45) is -4.58. The normalized spacial score (nSPS) is 15.3. The molecular weight excluding hydrogens is 407 g/mol. The summed E-state index contributed by atoms with van der Waals surface area (Å²) in [4.78, 5) is 16.2. The fraction of sp³-hybridized carbons (Fsp3) is 0.350. The first kappa shape index (κ1) is 21.3. The fourth-order valence-corrected chi connectivity index (χ4v) is 3.35. The van der Waals surface area contributed by atoms with Crippen molar-refractivity contribution in [1.29, 1.82) is 0 Å². The average molecular weight is 428 g/mol. The summed E-state index contributed by atoms with van der Waals surface area (Å²) in [7, 11) is 1.62. The second kappa shape index (κ2) is 8.92. The van der Waals surface area contributed by atoms with Gasteiger partial charge in [0.15, 0.2) is 0 Å². The van der Waals surface area contributed by atoms with E-state index in [4.69, 9.17) is 16.3 Å². The Labute approximate surface area is 172 Å². The van der Waals surface area contributed by atoms with Crippen molar-refractivity contribution >= 4 is 23.3 Å². The molecule has 0 unspecified atom stereocenters. The monoisotopic (exact) mass is 427 g/mol. The molecule has 29 heavy (non-hydrogen) atoms. The Kier molecular flexibility index (Phi) is 6.54. The van der Waals surface area contributed by atoms with Crippen molar-refractivity contribution in [2.24, 2.45) is 0 Å². The maximum absolute atomic E-state index is 13.0. The minimum atomic E-state index is -4.58. The zero-order valence-corrected chi connectivity index (χ0v) is 16.6. The molecule has 1 aliphatic rings. The van der Waals surface area contributed by atoms with Gasteiger partial charge in [-0.2, -0.15) is 13.2 Å². The molecule has 0 aromatic heterocycles. The van der Waals surface area contributed by atoms with E-state index in [9.17, 15) is 18.0 Å². The zero-order chi connectivity index (χ0) is 21.0. The molecule has 0 atom stereocenters. The maximum atomic E-state index is 13.0. The lowest BCUT2D eigenvalue weighted by Gasteiger charge is -2.34. The number of ether oxygens (including phenoxy) is 1. The Morgan fingerprint density at radius 2 is 1.76 bits per heavy atom. The van der Waals surface area contributed by atoms with E-state index in [2.05, 4.69) is 10.2 Å². The number of anilines is 1. The third-order valence-corrected chi connectivity index (χ3v) is 5.08. The quantitative estimate of drug-likeness (QED) is 0.768. The summed E-state index contributed by atoms with van der Waals surface area (Å²) in [6.45, 7) is 3.08. The molecule has 1 N–H and O–H groups in total. The summed E-state index contributed by atoms with van der Waals surface area (Å²) in [5, 5.41) is 2.12. The average Bonchev–Trinajstić information content (AvgIpc) is 2.69. The summed E-state index contributed by atoms with van der Waals surface area (Å²) in [5.41, 5.74) is 0.234. The number of alkyl halides is 3. The summed E-state index contributed by atoms with van der Waals surface area (Å²) >= 11 is 5.61. The number of nitrogens with zero attached hydrogens (tertiary/aromatic N) is 2. The lowest BCUT2D eigenvalue weighted by molar-refractivity contribution is -0.137. The van der Waals surface area contributed by atoms with Gasteiger partial charge in [-0.15, -0.1) is 0 Å². The number of carbonyl (C=O) groups is 1. The van der Waals surface area contributed by atoms with E-state index in [1.165, 1.54) is 6.07 Å². The number of urea groups is 1. The minimum absolute atomic E-state index is 0.0624. The molecule has 2 aromatic carbocycles. The lowest BCUT2D eigenvalue weighted by atomic mass is 10.2. The van der Waals surface area contributed by atoms with Crippen LogP contribution in [0.1, 0.15) is 11.1 Å².